The van der Waals surface area contributed by atoms with Crippen molar-refractivity contribution in [2.24, 2.45) is 0 Å². The molecule has 0 saturated carbocycles. The molecular weight excluding hydrogens is 364 g/mol. The number of rotatable bonds is 5. The van der Waals surface area contributed by atoms with E-state index in [2.05, 4.69) is 0 Å². The lowest BCUT2D eigenvalue weighted by molar-refractivity contribution is -0.144. The summed E-state index contributed by atoms with van der Waals surface area (Å²) in [4.78, 5) is 37.3. The van der Waals surface area contributed by atoms with E-state index in [0.29, 0.717) is 10.6 Å². The summed E-state index contributed by atoms with van der Waals surface area (Å²) >= 11 is 7.89. The first-order valence-corrected chi connectivity index (χ1v) is 9.20. The molecule has 8 heteroatoms. The third kappa shape index (κ3) is 3.99. The molecule has 0 bridgehead atoms. The number of nitrogens with zero attached hydrogens (tertiary/aromatic N) is 2. The fraction of sp³-hybridized carbons (Fsp3) is 0.353. The van der Waals surface area contributed by atoms with Crippen LogP contribution in [0.4, 0.5) is 0 Å². The van der Waals surface area contributed by atoms with Gasteiger partial charge in [0.2, 0.25) is 0 Å². The third-order valence-electron chi connectivity index (χ3n) is 3.58. The van der Waals surface area contributed by atoms with E-state index in [1.54, 1.807) is 26.0 Å². The highest BCUT2D eigenvalue weighted by molar-refractivity contribution is 7.98. The normalized spacial score (nSPS) is 11.0. The van der Waals surface area contributed by atoms with Crippen LogP contribution in [0.3, 0.4) is 0 Å². The first kappa shape index (κ1) is 19.3. The van der Waals surface area contributed by atoms with Crippen molar-refractivity contribution < 1.29 is 9.53 Å². The molecule has 0 amide bonds. The van der Waals surface area contributed by atoms with E-state index in [1.165, 1.54) is 29.4 Å². The zero-order valence-corrected chi connectivity index (χ0v) is 16.0. The van der Waals surface area contributed by atoms with Crippen molar-refractivity contribution in [2.75, 3.05) is 6.26 Å². The van der Waals surface area contributed by atoms with Gasteiger partial charge >= 0.3 is 11.7 Å². The molecule has 0 aliphatic carbocycles. The summed E-state index contributed by atoms with van der Waals surface area (Å²) < 4.78 is 7.24. The van der Waals surface area contributed by atoms with Crippen LogP contribution in [0.5, 0.6) is 0 Å². The number of carbonyl (C=O) groups excluding carboxylic acids is 1. The van der Waals surface area contributed by atoms with Crippen molar-refractivity contribution in [2.45, 2.75) is 38.4 Å². The molecule has 1 heterocycles. The maximum Gasteiger partial charge on any atom is 0.333 e. The molecule has 134 valence electrons. The fourth-order valence-electron chi connectivity index (χ4n) is 2.39. The second kappa shape index (κ2) is 7.93. The van der Waals surface area contributed by atoms with Gasteiger partial charge in [-0.2, -0.15) is 0 Å². The van der Waals surface area contributed by atoms with E-state index in [9.17, 15) is 14.4 Å². The molecule has 0 unspecified atom stereocenters. The minimum Gasteiger partial charge on any atom is -0.444 e. The number of carbonyl (C=O) groups is 1. The predicted octanol–water partition coefficient (Wildman–Crippen LogP) is 3.15. The van der Waals surface area contributed by atoms with Crippen LogP contribution < -0.4 is 11.2 Å². The second-order valence-electron chi connectivity index (χ2n) is 5.65. The number of esters is 1. The number of thioether (sulfide) groups is 1. The Kier molecular flexibility index (Phi) is 6.13. The zero-order chi connectivity index (χ0) is 18.7. The first-order valence-electron chi connectivity index (χ1n) is 7.60. The van der Waals surface area contributed by atoms with Gasteiger partial charge in [0.05, 0.1) is 10.6 Å². The van der Waals surface area contributed by atoms with Gasteiger partial charge in [0, 0.05) is 29.6 Å². The number of halogens is 1. The molecule has 1 aromatic heterocycles. The Bertz CT molecular complexity index is 918. The molecule has 0 aliphatic rings. The van der Waals surface area contributed by atoms with Crippen LogP contribution in [-0.4, -0.2) is 21.4 Å². The lowest BCUT2D eigenvalue weighted by atomic mass is 10.1. The van der Waals surface area contributed by atoms with Crippen molar-refractivity contribution in [3.63, 3.8) is 0 Å². The lowest BCUT2D eigenvalue weighted by Crippen LogP contribution is -2.41. The Morgan fingerprint density at radius 1 is 1.28 bits per heavy atom. The van der Waals surface area contributed by atoms with Crippen molar-refractivity contribution in [3.05, 3.63) is 50.3 Å². The zero-order valence-electron chi connectivity index (χ0n) is 14.4. The maximum atomic E-state index is 12.9. The molecule has 0 aliphatic heterocycles. The molecular formula is C17H19ClN2O4S. The highest BCUT2D eigenvalue weighted by Gasteiger charge is 2.18. The molecule has 2 aromatic rings. The van der Waals surface area contributed by atoms with Gasteiger partial charge in [0.1, 0.15) is 0 Å². The van der Waals surface area contributed by atoms with E-state index in [-0.39, 0.29) is 18.3 Å². The second-order valence-corrected chi connectivity index (χ2v) is 6.88. The molecule has 25 heavy (non-hydrogen) atoms. The molecule has 0 spiro atoms. The van der Waals surface area contributed by atoms with Gasteiger partial charge in [0.25, 0.3) is 5.56 Å². The topological polar surface area (TPSA) is 70.3 Å². The maximum absolute atomic E-state index is 12.9. The van der Waals surface area contributed by atoms with Crippen LogP contribution in [0.25, 0.3) is 11.1 Å². The summed E-state index contributed by atoms with van der Waals surface area (Å²) in [6.45, 7) is 4.46. The van der Waals surface area contributed by atoms with Crippen LogP contribution in [-0.2, 0) is 16.3 Å². The molecule has 0 N–H and O–H groups in total. The largest absolute Gasteiger partial charge is 0.444 e. The van der Waals surface area contributed by atoms with E-state index in [1.807, 2.05) is 12.3 Å². The predicted molar refractivity (Wildman–Crippen MR) is 99.3 cm³/mol. The van der Waals surface area contributed by atoms with Crippen LogP contribution in [0.2, 0.25) is 5.02 Å². The highest BCUT2D eigenvalue weighted by atomic mass is 35.5. The smallest absolute Gasteiger partial charge is 0.333 e. The van der Waals surface area contributed by atoms with Crippen LogP contribution >= 0.6 is 23.4 Å². The Balaban J connectivity index is 2.76. The van der Waals surface area contributed by atoms with E-state index in [4.69, 9.17) is 16.3 Å². The summed E-state index contributed by atoms with van der Waals surface area (Å²) in [5, 5.41) is 0.445. The molecule has 0 atom stereocenters. The van der Waals surface area contributed by atoms with Crippen molar-refractivity contribution in [3.8, 4) is 11.1 Å². The fourth-order valence-corrected chi connectivity index (χ4v) is 3.35. The highest BCUT2D eigenvalue weighted by Crippen LogP contribution is 2.33. The Labute approximate surface area is 154 Å². The third-order valence-corrected chi connectivity index (χ3v) is 4.88. The quantitative estimate of drug-likeness (QED) is 0.586. The standard InChI is InChI=1S/C17H19ClN2O4S/c1-10(2)20-16(22)13(8-19(17(20)23)9-24-11(3)21)12-6-5-7-14(25-4)15(12)18/h5-8,10H,9H2,1-4H3. The summed E-state index contributed by atoms with van der Waals surface area (Å²) in [7, 11) is 0. The molecule has 2 rings (SSSR count). The SMILES string of the molecule is CSc1cccc(-c2cn(COC(C)=O)c(=O)n(C(C)C)c2=O)c1Cl. The first-order chi connectivity index (χ1) is 11.8. The van der Waals surface area contributed by atoms with Crippen LogP contribution in [0, 0.1) is 0 Å². The number of ether oxygens (including phenoxy) is 1. The summed E-state index contributed by atoms with van der Waals surface area (Å²) in [5.74, 6) is -0.516. The van der Waals surface area contributed by atoms with E-state index >= 15 is 0 Å². The number of hydrogen-bond donors (Lipinski definition) is 0. The Hall–Kier alpha value is -1.99. The summed E-state index contributed by atoms with van der Waals surface area (Å²) in [5.41, 5.74) is -0.160. The average molecular weight is 383 g/mol. The number of aromatic nitrogens is 2. The molecule has 0 radical (unpaired) electrons. The number of benzene rings is 1. The summed E-state index contributed by atoms with van der Waals surface area (Å²) in [6, 6.07) is 5.02. The van der Waals surface area contributed by atoms with Crippen molar-refractivity contribution in [1.82, 2.24) is 9.13 Å². The Morgan fingerprint density at radius 3 is 2.52 bits per heavy atom. The van der Waals surface area contributed by atoms with E-state index < -0.39 is 17.2 Å². The van der Waals surface area contributed by atoms with Gasteiger partial charge < -0.3 is 4.74 Å². The Morgan fingerprint density at radius 2 is 1.96 bits per heavy atom. The van der Waals surface area contributed by atoms with Crippen LogP contribution in [0.1, 0.15) is 26.8 Å². The van der Waals surface area contributed by atoms with E-state index in [0.717, 1.165) is 9.46 Å². The minimum absolute atomic E-state index is 0.270. The lowest BCUT2D eigenvalue weighted by Gasteiger charge is -2.16. The minimum atomic E-state index is -0.540. The van der Waals surface area contributed by atoms with Gasteiger partial charge in [-0.25, -0.2) is 4.79 Å². The average Bonchev–Trinajstić information content (AvgIpc) is 2.54. The van der Waals surface area contributed by atoms with Crippen molar-refractivity contribution in [1.29, 1.82) is 0 Å². The van der Waals surface area contributed by atoms with Gasteiger partial charge in [-0.1, -0.05) is 23.7 Å². The summed E-state index contributed by atoms with van der Waals surface area (Å²) in [6.07, 6.45) is 3.27. The van der Waals surface area contributed by atoms with Crippen molar-refractivity contribution >= 4 is 29.3 Å². The van der Waals surface area contributed by atoms with Gasteiger partial charge in [-0.15, -0.1) is 11.8 Å². The van der Waals surface area contributed by atoms with Gasteiger partial charge in [0.15, 0.2) is 6.73 Å². The van der Waals surface area contributed by atoms with Gasteiger partial charge in [-0.3, -0.25) is 18.7 Å². The molecule has 0 fully saturated rings. The molecule has 6 nitrogen and oxygen atoms in total. The molecule has 1 aromatic carbocycles. The monoisotopic (exact) mass is 382 g/mol. The van der Waals surface area contributed by atoms with Gasteiger partial charge in [-0.05, 0) is 26.2 Å². The van der Waals surface area contributed by atoms with Crippen LogP contribution in [0.15, 0.2) is 38.9 Å². The molecule has 0 saturated heterocycles. The number of hydrogen-bond acceptors (Lipinski definition) is 5.